The standard InChI is InChI=1S/C6H6O8S2/c7-4-2-1-3-5(14-16(11,12)13)6(4)15(8,9)10/h1-3,7H,(H,8,9,10)(H,11,12,13). The maximum Gasteiger partial charge on any atom is 0.446 e. The van der Waals surface area contributed by atoms with Gasteiger partial charge in [0.2, 0.25) is 0 Å². The number of phenols is 1. The molecule has 0 aromatic heterocycles. The lowest BCUT2D eigenvalue weighted by Gasteiger charge is -2.07. The third-order valence-corrected chi connectivity index (χ3v) is 2.73. The fourth-order valence-corrected chi connectivity index (χ4v) is 2.06. The van der Waals surface area contributed by atoms with Crippen molar-refractivity contribution in [2.24, 2.45) is 0 Å². The van der Waals surface area contributed by atoms with E-state index in [1.165, 1.54) is 0 Å². The molecular weight excluding hydrogens is 264 g/mol. The van der Waals surface area contributed by atoms with Gasteiger partial charge >= 0.3 is 20.5 Å². The molecule has 0 bridgehead atoms. The molecule has 0 spiro atoms. The molecule has 0 radical (unpaired) electrons. The van der Waals surface area contributed by atoms with Crippen molar-refractivity contribution in [1.82, 2.24) is 0 Å². The summed E-state index contributed by atoms with van der Waals surface area (Å²) in [6.07, 6.45) is 0. The van der Waals surface area contributed by atoms with Crippen molar-refractivity contribution in [3.63, 3.8) is 0 Å². The summed E-state index contributed by atoms with van der Waals surface area (Å²) in [7, 11) is -9.85. The Balaban J connectivity index is 3.48. The lowest BCUT2D eigenvalue weighted by atomic mass is 10.3. The average Bonchev–Trinajstić information content (AvgIpc) is 1.97. The van der Waals surface area contributed by atoms with Crippen molar-refractivity contribution in [1.29, 1.82) is 0 Å². The largest absolute Gasteiger partial charge is 0.506 e. The van der Waals surface area contributed by atoms with Gasteiger partial charge in [0.15, 0.2) is 10.6 Å². The lowest BCUT2D eigenvalue weighted by Crippen LogP contribution is -2.10. The van der Waals surface area contributed by atoms with Crippen LogP contribution in [0.25, 0.3) is 0 Å². The molecular formula is C6H6O8S2. The van der Waals surface area contributed by atoms with Crippen LogP contribution in [0.4, 0.5) is 0 Å². The number of benzene rings is 1. The number of rotatable bonds is 3. The molecule has 0 saturated heterocycles. The molecule has 0 saturated carbocycles. The predicted molar refractivity (Wildman–Crippen MR) is 50.1 cm³/mol. The molecule has 0 fully saturated rings. The quantitative estimate of drug-likeness (QED) is 0.643. The first-order valence-electron chi connectivity index (χ1n) is 3.57. The van der Waals surface area contributed by atoms with Gasteiger partial charge in [0.1, 0.15) is 5.75 Å². The third kappa shape index (κ3) is 3.06. The van der Waals surface area contributed by atoms with E-state index in [0.29, 0.717) is 0 Å². The van der Waals surface area contributed by atoms with Gasteiger partial charge in [0.25, 0.3) is 0 Å². The van der Waals surface area contributed by atoms with Gasteiger partial charge in [-0.05, 0) is 12.1 Å². The first-order chi connectivity index (χ1) is 7.11. The molecule has 1 aromatic carbocycles. The Morgan fingerprint density at radius 3 is 2.06 bits per heavy atom. The van der Waals surface area contributed by atoms with Crippen molar-refractivity contribution in [3.8, 4) is 11.5 Å². The Labute approximate surface area is 90.8 Å². The molecule has 90 valence electrons. The predicted octanol–water partition coefficient (Wildman–Crippen LogP) is -0.179. The van der Waals surface area contributed by atoms with E-state index < -0.39 is 36.9 Å². The minimum atomic E-state index is -4.96. The van der Waals surface area contributed by atoms with E-state index >= 15 is 0 Å². The molecule has 16 heavy (non-hydrogen) atoms. The Kier molecular flexibility index (Phi) is 3.10. The Hall–Kier alpha value is -1.36. The van der Waals surface area contributed by atoms with E-state index in [4.69, 9.17) is 14.2 Å². The van der Waals surface area contributed by atoms with Crippen LogP contribution in [0.3, 0.4) is 0 Å². The van der Waals surface area contributed by atoms with E-state index in [9.17, 15) is 16.8 Å². The summed E-state index contributed by atoms with van der Waals surface area (Å²) < 4.78 is 63.2. The number of aromatic hydroxyl groups is 1. The Morgan fingerprint density at radius 1 is 1.06 bits per heavy atom. The summed E-state index contributed by atoms with van der Waals surface area (Å²) in [5, 5.41) is 9.13. The normalized spacial score (nSPS) is 12.4. The van der Waals surface area contributed by atoms with Crippen molar-refractivity contribution in [3.05, 3.63) is 18.2 Å². The highest BCUT2D eigenvalue weighted by atomic mass is 32.3. The summed E-state index contributed by atoms with van der Waals surface area (Å²) in [6.45, 7) is 0. The molecule has 0 aliphatic heterocycles. The minimum Gasteiger partial charge on any atom is -0.506 e. The Bertz CT molecular complexity index is 599. The number of phenolic OH excluding ortho intramolecular Hbond substituents is 1. The average molecular weight is 270 g/mol. The highest BCUT2D eigenvalue weighted by molar-refractivity contribution is 7.86. The topological polar surface area (TPSA) is 138 Å². The van der Waals surface area contributed by atoms with Gasteiger partial charge < -0.3 is 9.29 Å². The summed E-state index contributed by atoms with van der Waals surface area (Å²) in [5.74, 6) is -1.83. The summed E-state index contributed by atoms with van der Waals surface area (Å²) in [6, 6.07) is 2.78. The van der Waals surface area contributed by atoms with Crippen molar-refractivity contribution < 1.29 is 35.2 Å². The van der Waals surface area contributed by atoms with E-state index in [2.05, 4.69) is 4.18 Å². The van der Waals surface area contributed by atoms with Crippen molar-refractivity contribution in [2.45, 2.75) is 4.90 Å². The number of hydrogen-bond donors (Lipinski definition) is 3. The molecule has 1 aromatic rings. The third-order valence-electron chi connectivity index (χ3n) is 1.41. The molecule has 0 amide bonds. The zero-order chi connectivity index (χ0) is 12.6. The van der Waals surface area contributed by atoms with Crippen LogP contribution < -0.4 is 4.18 Å². The second-order valence-corrected chi connectivity index (χ2v) is 4.97. The van der Waals surface area contributed by atoms with Gasteiger partial charge in [-0.1, -0.05) is 6.07 Å². The molecule has 8 nitrogen and oxygen atoms in total. The Morgan fingerprint density at radius 2 is 1.62 bits per heavy atom. The minimum absolute atomic E-state index is 0.830. The fourth-order valence-electron chi connectivity index (χ4n) is 0.943. The second kappa shape index (κ2) is 3.90. The van der Waals surface area contributed by atoms with Gasteiger partial charge in [0, 0.05) is 0 Å². The SMILES string of the molecule is O=S(=O)(O)Oc1cccc(O)c1S(=O)(=O)O. The second-order valence-electron chi connectivity index (χ2n) is 2.59. The van der Waals surface area contributed by atoms with Crippen LogP contribution in [0, 0.1) is 0 Å². The monoisotopic (exact) mass is 270 g/mol. The van der Waals surface area contributed by atoms with Gasteiger partial charge in [-0.15, -0.1) is 0 Å². The van der Waals surface area contributed by atoms with Gasteiger partial charge in [-0.3, -0.25) is 9.11 Å². The molecule has 1 rings (SSSR count). The van der Waals surface area contributed by atoms with Crippen LogP contribution in [0.2, 0.25) is 0 Å². The maximum absolute atomic E-state index is 10.8. The van der Waals surface area contributed by atoms with Gasteiger partial charge in [-0.2, -0.15) is 16.8 Å². The summed E-state index contributed by atoms with van der Waals surface area (Å²) in [5.41, 5.74) is 0. The van der Waals surface area contributed by atoms with Crippen LogP contribution in [0.1, 0.15) is 0 Å². The van der Waals surface area contributed by atoms with Gasteiger partial charge in [0.05, 0.1) is 0 Å². The molecule has 0 atom stereocenters. The summed E-state index contributed by atoms with van der Waals surface area (Å²) in [4.78, 5) is -1.15. The van der Waals surface area contributed by atoms with Crippen LogP contribution in [-0.2, 0) is 20.5 Å². The van der Waals surface area contributed by atoms with Crippen molar-refractivity contribution >= 4 is 20.5 Å². The molecule has 0 aliphatic carbocycles. The van der Waals surface area contributed by atoms with E-state index in [1.807, 2.05) is 0 Å². The highest BCUT2D eigenvalue weighted by Crippen LogP contribution is 2.32. The van der Waals surface area contributed by atoms with Crippen LogP contribution in [0.15, 0.2) is 23.1 Å². The van der Waals surface area contributed by atoms with Crippen LogP contribution in [0.5, 0.6) is 11.5 Å². The first kappa shape index (κ1) is 12.7. The summed E-state index contributed by atoms with van der Waals surface area (Å²) >= 11 is 0. The smallest absolute Gasteiger partial charge is 0.446 e. The molecule has 0 heterocycles. The number of hydrogen-bond acceptors (Lipinski definition) is 6. The van der Waals surface area contributed by atoms with E-state index in [0.717, 1.165) is 18.2 Å². The van der Waals surface area contributed by atoms with Gasteiger partial charge in [-0.25, -0.2) is 0 Å². The van der Waals surface area contributed by atoms with Crippen molar-refractivity contribution in [2.75, 3.05) is 0 Å². The van der Waals surface area contributed by atoms with E-state index in [-0.39, 0.29) is 0 Å². The zero-order valence-electron chi connectivity index (χ0n) is 7.43. The van der Waals surface area contributed by atoms with Crippen LogP contribution in [-0.4, -0.2) is 31.0 Å². The zero-order valence-corrected chi connectivity index (χ0v) is 9.06. The molecule has 10 heteroatoms. The van der Waals surface area contributed by atoms with Crippen LogP contribution >= 0.6 is 0 Å². The van der Waals surface area contributed by atoms with E-state index in [1.54, 1.807) is 0 Å². The maximum atomic E-state index is 10.8. The molecule has 3 N–H and O–H groups in total. The lowest BCUT2D eigenvalue weighted by molar-refractivity contribution is 0.377. The fraction of sp³-hybridized carbons (Fsp3) is 0. The molecule has 0 aliphatic rings. The highest BCUT2D eigenvalue weighted by Gasteiger charge is 2.24. The first-order valence-corrected chi connectivity index (χ1v) is 6.38. The molecule has 0 unspecified atom stereocenters.